The van der Waals surface area contributed by atoms with E-state index in [0.717, 1.165) is 23.5 Å². The molecule has 3 heteroatoms. The first kappa shape index (κ1) is 14.2. The van der Waals surface area contributed by atoms with Gasteiger partial charge in [0.05, 0.1) is 12.0 Å². The maximum atomic E-state index is 6.69. The monoisotopic (exact) mass is 398 g/mol. The number of halogens is 2. The first-order valence-corrected chi connectivity index (χ1v) is 8.16. The molecule has 1 atom stereocenters. The van der Waals surface area contributed by atoms with Crippen LogP contribution in [0.4, 0.5) is 0 Å². The van der Waals surface area contributed by atoms with E-state index in [0.29, 0.717) is 0 Å². The molecule has 0 aliphatic carbocycles. The van der Waals surface area contributed by atoms with Crippen LogP contribution in [0.1, 0.15) is 35.9 Å². The van der Waals surface area contributed by atoms with Gasteiger partial charge in [-0.1, -0.05) is 38.1 Å². The van der Waals surface area contributed by atoms with Crippen molar-refractivity contribution in [2.45, 2.75) is 24.6 Å². The predicted octanol–water partition coefficient (Wildman–Crippen LogP) is 5.29. The largest absolute Gasteiger partial charge is 0.492 e. The summed E-state index contributed by atoms with van der Waals surface area (Å²) in [5.41, 5.74) is 3.61. The summed E-state index contributed by atoms with van der Waals surface area (Å²) >= 11 is 9.02. The average molecular weight is 399 g/mol. The second kappa shape index (κ2) is 5.23. The summed E-state index contributed by atoms with van der Waals surface area (Å²) in [6.45, 7) is 5.15. The van der Waals surface area contributed by atoms with Gasteiger partial charge in [-0.25, -0.2) is 0 Å². The van der Waals surface area contributed by atoms with E-state index in [9.17, 15) is 0 Å². The van der Waals surface area contributed by atoms with Crippen LogP contribution in [0.25, 0.3) is 0 Å². The molecule has 1 nitrogen and oxygen atoms in total. The van der Waals surface area contributed by atoms with Crippen molar-refractivity contribution in [2.24, 2.45) is 0 Å². The fourth-order valence-electron chi connectivity index (χ4n) is 2.56. The van der Waals surface area contributed by atoms with E-state index in [1.165, 1.54) is 9.13 Å². The van der Waals surface area contributed by atoms with Gasteiger partial charge in [0.2, 0.25) is 0 Å². The number of fused-ring (bicyclic) bond motifs is 1. The highest BCUT2D eigenvalue weighted by Gasteiger charge is 2.32. The Hall–Kier alpha value is -0.740. The summed E-state index contributed by atoms with van der Waals surface area (Å²) in [6, 6.07) is 14.6. The van der Waals surface area contributed by atoms with Crippen LogP contribution in [0.15, 0.2) is 42.5 Å². The molecule has 0 saturated carbocycles. The van der Waals surface area contributed by atoms with Gasteiger partial charge in [0.25, 0.3) is 0 Å². The van der Waals surface area contributed by atoms with Gasteiger partial charge in [0.1, 0.15) is 5.75 Å². The van der Waals surface area contributed by atoms with Crippen LogP contribution in [0.3, 0.4) is 0 Å². The number of benzene rings is 2. The van der Waals surface area contributed by atoms with E-state index < -0.39 is 0 Å². The second-order valence-electron chi connectivity index (χ2n) is 5.81. The molecule has 0 aromatic heterocycles. The van der Waals surface area contributed by atoms with Crippen LogP contribution >= 0.6 is 34.2 Å². The molecule has 0 radical (unpaired) electrons. The van der Waals surface area contributed by atoms with E-state index >= 15 is 0 Å². The van der Waals surface area contributed by atoms with E-state index in [2.05, 4.69) is 60.7 Å². The maximum Gasteiger partial charge on any atom is 0.123 e. The summed E-state index contributed by atoms with van der Waals surface area (Å²) in [4.78, 5) is 0. The average Bonchev–Trinajstić information content (AvgIpc) is 2.74. The van der Waals surface area contributed by atoms with Crippen molar-refractivity contribution in [3.05, 3.63) is 62.7 Å². The molecule has 1 aliphatic rings. The highest BCUT2D eigenvalue weighted by molar-refractivity contribution is 14.1. The third-order valence-corrected chi connectivity index (χ3v) is 5.26. The topological polar surface area (TPSA) is 9.23 Å². The molecule has 1 heterocycles. The number of alkyl halides is 1. The number of hydrogen-bond acceptors (Lipinski definition) is 1. The van der Waals surface area contributed by atoms with Crippen LogP contribution in [-0.4, -0.2) is 6.61 Å². The van der Waals surface area contributed by atoms with Crippen LogP contribution in [0.2, 0.25) is 0 Å². The molecule has 2 aromatic rings. The zero-order valence-electron chi connectivity index (χ0n) is 11.5. The molecule has 0 fully saturated rings. The SMILES string of the molecule is CC1(C)COc2ccc(C(Cl)c3ccccc3I)cc21. The Morgan fingerprint density at radius 1 is 1.20 bits per heavy atom. The third-order valence-electron chi connectivity index (χ3n) is 3.79. The standard InChI is InChI=1S/C17H16ClIO/c1-17(2)10-20-15-8-7-11(9-13(15)17)16(18)12-5-3-4-6-14(12)19/h3-9,16H,10H2,1-2H3. The van der Waals surface area contributed by atoms with Crippen molar-refractivity contribution in [2.75, 3.05) is 6.61 Å². The molecule has 1 unspecified atom stereocenters. The molecule has 3 rings (SSSR count). The molecule has 1 aliphatic heterocycles. The minimum absolute atomic E-state index is 0.0613. The molecule has 20 heavy (non-hydrogen) atoms. The van der Waals surface area contributed by atoms with Crippen molar-refractivity contribution in [1.82, 2.24) is 0 Å². The zero-order valence-corrected chi connectivity index (χ0v) is 14.4. The molecular weight excluding hydrogens is 383 g/mol. The first-order chi connectivity index (χ1) is 9.49. The Morgan fingerprint density at radius 2 is 1.95 bits per heavy atom. The van der Waals surface area contributed by atoms with Crippen molar-refractivity contribution in [1.29, 1.82) is 0 Å². The highest BCUT2D eigenvalue weighted by Crippen LogP contribution is 2.41. The Morgan fingerprint density at radius 3 is 2.70 bits per heavy atom. The van der Waals surface area contributed by atoms with Gasteiger partial charge in [-0.15, -0.1) is 11.6 Å². The van der Waals surface area contributed by atoms with Gasteiger partial charge in [-0.2, -0.15) is 0 Å². The molecule has 0 N–H and O–H groups in total. The summed E-state index contributed by atoms with van der Waals surface area (Å²) < 4.78 is 6.93. The minimum atomic E-state index is -0.121. The Balaban J connectivity index is 2.02. The van der Waals surface area contributed by atoms with Crippen molar-refractivity contribution < 1.29 is 4.74 Å². The molecule has 104 valence electrons. The quantitative estimate of drug-likeness (QED) is 0.493. The highest BCUT2D eigenvalue weighted by atomic mass is 127. The Bertz CT molecular complexity index is 651. The lowest BCUT2D eigenvalue weighted by Crippen LogP contribution is -2.18. The second-order valence-corrected chi connectivity index (χ2v) is 7.41. The van der Waals surface area contributed by atoms with Gasteiger partial charge in [0, 0.05) is 14.5 Å². The smallest absolute Gasteiger partial charge is 0.123 e. The Labute approximate surface area is 138 Å². The molecular formula is C17H16ClIO. The molecule has 0 spiro atoms. The van der Waals surface area contributed by atoms with Gasteiger partial charge in [0.15, 0.2) is 0 Å². The lowest BCUT2D eigenvalue weighted by Gasteiger charge is -2.18. The maximum absolute atomic E-state index is 6.69. The van der Waals surface area contributed by atoms with Crippen LogP contribution in [0.5, 0.6) is 5.75 Å². The fourth-order valence-corrected chi connectivity index (χ4v) is 3.77. The van der Waals surface area contributed by atoms with Crippen LogP contribution in [0, 0.1) is 3.57 Å². The van der Waals surface area contributed by atoms with Crippen LogP contribution in [-0.2, 0) is 5.41 Å². The van der Waals surface area contributed by atoms with Crippen LogP contribution < -0.4 is 4.74 Å². The summed E-state index contributed by atoms with van der Waals surface area (Å²) in [5.74, 6) is 0.991. The summed E-state index contributed by atoms with van der Waals surface area (Å²) in [5, 5.41) is -0.121. The molecule has 2 aromatic carbocycles. The van der Waals surface area contributed by atoms with E-state index in [4.69, 9.17) is 16.3 Å². The fraction of sp³-hybridized carbons (Fsp3) is 0.294. The number of rotatable bonds is 2. The summed E-state index contributed by atoms with van der Waals surface area (Å²) in [6.07, 6.45) is 0. The van der Waals surface area contributed by atoms with Crippen molar-refractivity contribution >= 4 is 34.2 Å². The van der Waals surface area contributed by atoms with Gasteiger partial charge < -0.3 is 4.74 Å². The minimum Gasteiger partial charge on any atom is -0.492 e. The molecule has 0 amide bonds. The van der Waals surface area contributed by atoms with E-state index in [1.54, 1.807) is 0 Å². The first-order valence-electron chi connectivity index (χ1n) is 6.65. The normalized spacial score (nSPS) is 17.4. The number of hydrogen-bond donors (Lipinski definition) is 0. The summed E-state index contributed by atoms with van der Waals surface area (Å²) in [7, 11) is 0. The third kappa shape index (κ3) is 2.44. The zero-order chi connectivity index (χ0) is 14.3. The lowest BCUT2D eigenvalue weighted by atomic mass is 9.85. The molecule has 0 saturated heterocycles. The van der Waals surface area contributed by atoms with Gasteiger partial charge in [-0.05, 0) is 51.9 Å². The van der Waals surface area contributed by atoms with Gasteiger partial charge in [-0.3, -0.25) is 0 Å². The Kier molecular flexibility index (Phi) is 3.71. The van der Waals surface area contributed by atoms with E-state index in [-0.39, 0.29) is 10.8 Å². The van der Waals surface area contributed by atoms with Gasteiger partial charge >= 0.3 is 0 Å². The predicted molar refractivity (Wildman–Crippen MR) is 91.8 cm³/mol. The lowest BCUT2D eigenvalue weighted by molar-refractivity contribution is 0.291. The molecule has 0 bridgehead atoms. The van der Waals surface area contributed by atoms with Crippen molar-refractivity contribution in [3.63, 3.8) is 0 Å². The van der Waals surface area contributed by atoms with E-state index in [1.807, 2.05) is 18.2 Å². The number of ether oxygens (including phenoxy) is 1. The van der Waals surface area contributed by atoms with Crippen molar-refractivity contribution in [3.8, 4) is 5.75 Å².